The van der Waals surface area contributed by atoms with Gasteiger partial charge in [-0.1, -0.05) is 65.0 Å². The van der Waals surface area contributed by atoms with Crippen LogP contribution in [0.2, 0.25) is 0 Å². The van der Waals surface area contributed by atoms with E-state index in [2.05, 4.69) is 60.7 Å². The molecule has 5 heteroatoms. The second-order valence-corrected chi connectivity index (χ2v) is 10.4. The van der Waals surface area contributed by atoms with Crippen molar-refractivity contribution in [2.75, 3.05) is 5.32 Å². The van der Waals surface area contributed by atoms with E-state index in [4.69, 9.17) is 12.2 Å². The van der Waals surface area contributed by atoms with Gasteiger partial charge in [0.05, 0.1) is 5.56 Å². The van der Waals surface area contributed by atoms with Crippen molar-refractivity contribution < 1.29 is 4.79 Å². The van der Waals surface area contributed by atoms with Gasteiger partial charge in [0.1, 0.15) is 0 Å². The zero-order valence-electron chi connectivity index (χ0n) is 20.5. The number of benzene rings is 1. The van der Waals surface area contributed by atoms with Crippen molar-refractivity contribution >= 4 is 28.9 Å². The molecule has 0 unspecified atom stereocenters. The Morgan fingerprint density at radius 2 is 1.76 bits per heavy atom. The molecule has 1 aromatic heterocycles. The molecular weight excluding hydrogens is 426 g/mol. The lowest BCUT2D eigenvalue weighted by molar-refractivity contribution is 0.0977. The van der Waals surface area contributed by atoms with Crippen LogP contribution in [-0.4, -0.2) is 16.0 Å². The minimum absolute atomic E-state index is 0.232. The fourth-order valence-electron chi connectivity index (χ4n) is 5.12. The Bertz CT molecular complexity index is 902. The number of aromatic nitrogens is 1. The van der Waals surface area contributed by atoms with Crippen molar-refractivity contribution in [3.8, 4) is 0 Å². The Kier molecular flexibility index (Phi) is 9.02. The summed E-state index contributed by atoms with van der Waals surface area (Å²) in [5.74, 6) is -0.263. The minimum atomic E-state index is -0.263. The average molecular weight is 466 g/mol. The third kappa shape index (κ3) is 6.86. The van der Waals surface area contributed by atoms with Crippen LogP contribution in [0.4, 0.5) is 5.69 Å². The molecule has 178 valence electrons. The summed E-state index contributed by atoms with van der Waals surface area (Å²) in [6.45, 7) is 7.10. The predicted octanol–water partition coefficient (Wildman–Crippen LogP) is 7.41. The molecule has 0 aliphatic heterocycles. The van der Waals surface area contributed by atoms with E-state index in [0.717, 1.165) is 5.69 Å². The SMILES string of the molecule is CCCCCC[C@]1(CC)CC[C@@](C)(c2ccc(NC(=S)NC(=O)c3cccnc3)cc2)CC1. The van der Waals surface area contributed by atoms with Gasteiger partial charge >= 0.3 is 0 Å². The summed E-state index contributed by atoms with van der Waals surface area (Å²) in [5, 5.41) is 6.12. The van der Waals surface area contributed by atoms with Crippen LogP contribution in [0.15, 0.2) is 48.8 Å². The quantitative estimate of drug-likeness (QED) is 0.299. The van der Waals surface area contributed by atoms with E-state index in [1.54, 1.807) is 18.3 Å². The smallest absolute Gasteiger partial charge is 0.258 e. The zero-order chi connectivity index (χ0) is 23.7. The first-order valence-electron chi connectivity index (χ1n) is 12.5. The van der Waals surface area contributed by atoms with Gasteiger partial charge in [0.15, 0.2) is 5.11 Å². The second kappa shape index (κ2) is 11.7. The Morgan fingerprint density at radius 1 is 1.03 bits per heavy atom. The molecule has 0 spiro atoms. The highest BCUT2D eigenvalue weighted by molar-refractivity contribution is 7.80. The monoisotopic (exact) mass is 465 g/mol. The molecule has 1 fully saturated rings. The van der Waals surface area contributed by atoms with Crippen molar-refractivity contribution in [3.05, 3.63) is 59.9 Å². The van der Waals surface area contributed by atoms with Gasteiger partial charge in [-0.25, -0.2) is 0 Å². The Morgan fingerprint density at radius 3 is 2.36 bits per heavy atom. The molecule has 1 heterocycles. The van der Waals surface area contributed by atoms with Crippen LogP contribution in [0.3, 0.4) is 0 Å². The van der Waals surface area contributed by atoms with Gasteiger partial charge in [-0.15, -0.1) is 0 Å². The van der Waals surface area contributed by atoms with E-state index in [9.17, 15) is 4.79 Å². The summed E-state index contributed by atoms with van der Waals surface area (Å²) in [6.07, 6.45) is 16.5. The van der Waals surface area contributed by atoms with Gasteiger partial charge in [0.25, 0.3) is 5.91 Å². The number of thiocarbonyl (C=S) groups is 1. The molecule has 0 bridgehead atoms. The molecule has 0 radical (unpaired) electrons. The third-order valence-corrected chi connectivity index (χ3v) is 7.92. The van der Waals surface area contributed by atoms with Crippen LogP contribution in [0.25, 0.3) is 0 Å². The molecule has 0 atom stereocenters. The van der Waals surface area contributed by atoms with Gasteiger partial charge in [-0.3, -0.25) is 15.1 Å². The van der Waals surface area contributed by atoms with Crippen molar-refractivity contribution in [2.24, 2.45) is 5.41 Å². The normalized spacial score (nSPS) is 22.5. The highest BCUT2D eigenvalue weighted by Crippen LogP contribution is 2.50. The fourth-order valence-corrected chi connectivity index (χ4v) is 5.33. The standard InChI is InChI=1S/C28H39N3OS/c1-4-6-7-8-15-28(5-2)18-16-27(3,17-19-28)23-11-13-24(14-12-23)30-26(33)31-25(32)22-10-9-20-29-21-22/h9-14,20-21H,4-8,15-19H2,1-3H3,(H2,30,31,32,33)/t27-,28-. The van der Waals surface area contributed by atoms with Crippen molar-refractivity contribution in [2.45, 2.75) is 90.4 Å². The summed E-state index contributed by atoms with van der Waals surface area (Å²) in [6, 6.07) is 12.0. The molecule has 1 saturated carbocycles. The predicted molar refractivity (Wildman–Crippen MR) is 142 cm³/mol. The maximum Gasteiger partial charge on any atom is 0.258 e. The van der Waals surface area contributed by atoms with Gasteiger partial charge in [0.2, 0.25) is 0 Å². The van der Waals surface area contributed by atoms with Crippen LogP contribution in [0.1, 0.15) is 101 Å². The number of pyridine rings is 1. The van der Waals surface area contributed by atoms with Gasteiger partial charge in [-0.05, 0) is 85.0 Å². The van der Waals surface area contributed by atoms with E-state index in [-0.39, 0.29) is 16.4 Å². The van der Waals surface area contributed by atoms with E-state index in [0.29, 0.717) is 11.0 Å². The molecule has 4 nitrogen and oxygen atoms in total. The summed E-state index contributed by atoms with van der Waals surface area (Å²) < 4.78 is 0. The van der Waals surface area contributed by atoms with Crippen molar-refractivity contribution in [1.82, 2.24) is 10.3 Å². The lowest BCUT2D eigenvalue weighted by Crippen LogP contribution is -2.35. The van der Waals surface area contributed by atoms with Crippen LogP contribution in [0, 0.1) is 5.41 Å². The maximum absolute atomic E-state index is 12.2. The Labute approximate surface area is 205 Å². The lowest BCUT2D eigenvalue weighted by Gasteiger charge is -2.45. The molecule has 1 aliphatic carbocycles. The molecule has 33 heavy (non-hydrogen) atoms. The molecule has 0 saturated heterocycles. The van der Waals surface area contributed by atoms with Crippen LogP contribution < -0.4 is 10.6 Å². The Hall–Kier alpha value is -2.27. The first kappa shape index (κ1) is 25.4. The molecule has 1 amide bonds. The lowest BCUT2D eigenvalue weighted by atomic mass is 9.60. The average Bonchev–Trinajstić information content (AvgIpc) is 2.84. The Balaban J connectivity index is 1.54. The number of nitrogens with zero attached hydrogens (tertiary/aromatic N) is 1. The van der Waals surface area contributed by atoms with E-state index < -0.39 is 0 Å². The highest BCUT2D eigenvalue weighted by Gasteiger charge is 2.39. The number of nitrogens with one attached hydrogen (secondary N) is 2. The number of hydrogen-bond acceptors (Lipinski definition) is 3. The van der Waals surface area contributed by atoms with E-state index in [1.165, 1.54) is 76.0 Å². The molecule has 3 rings (SSSR count). The number of amides is 1. The molecule has 2 aromatic rings. The summed E-state index contributed by atoms with van der Waals surface area (Å²) in [4.78, 5) is 16.2. The molecule has 1 aliphatic rings. The van der Waals surface area contributed by atoms with Gasteiger partial charge in [0, 0.05) is 18.1 Å². The largest absolute Gasteiger partial charge is 0.332 e. The topological polar surface area (TPSA) is 54.0 Å². The number of carbonyl (C=O) groups is 1. The van der Waals surface area contributed by atoms with E-state index >= 15 is 0 Å². The highest BCUT2D eigenvalue weighted by atomic mass is 32.1. The summed E-state index contributed by atoms with van der Waals surface area (Å²) in [5.41, 5.74) is 3.54. The summed E-state index contributed by atoms with van der Waals surface area (Å²) in [7, 11) is 0. The number of carbonyl (C=O) groups excluding carboxylic acids is 1. The number of unbranched alkanes of at least 4 members (excludes halogenated alkanes) is 3. The van der Waals surface area contributed by atoms with Gasteiger partial charge < -0.3 is 5.32 Å². The summed E-state index contributed by atoms with van der Waals surface area (Å²) >= 11 is 5.32. The third-order valence-electron chi connectivity index (χ3n) is 7.72. The number of rotatable bonds is 9. The minimum Gasteiger partial charge on any atom is -0.332 e. The number of hydrogen-bond donors (Lipinski definition) is 2. The zero-order valence-corrected chi connectivity index (χ0v) is 21.3. The first-order chi connectivity index (χ1) is 15.9. The second-order valence-electron chi connectivity index (χ2n) is 9.95. The fraction of sp³-hybridized carbons (Fsp3) is 0.536. The van der Waals surface area contributed by atoms with Crippen molar-refractivity contribution in [3.63, 3.8) is 0 Å². The van der Waals surface area contributed by atoms with E-state index in [1.807, 2.05) is 0 Å². The van der Waals surface area contributed by atoms with Crippen LogP contribution in [0.5, 0.6) is 0 Å². The van der Waals surface area contributed by atoms with Gasteiger partial charge in [-0.2, -0.15) is 0 Å². The van der Waals surface area contributed by atoms with Crippen LogP contribution in [-0.2, 0) is 5.41 Å². The van der Waals surface area contributed by atoms with Crippen LogP contribution >= 0.6 is 12.2 Å². The number of anilines is 1. The molecule has 2 N–H and O–H groups in total. The first-order valence-corrected chi connectivity index (χ1v) is 12.9. The molecular formula is C28H39N3OS. The van der Waals surface area contributed by atoms with Crippen molar-refractivity contribution in [1.29, 1.82) is 0 Å². The molecule has 1 aromatic carbocycles. The maximum atomic E-state index is 12.2.